The first-order chi connectivity index (χ1) is 17.5. The highest BCUT2D eigenvalue weighted by Crippen LogP contribution is 2.36. The summed E-state index contributed by atoms with van der Waals surface area (Å²) in [6.45, 7) is 3.08. The number of aromatic amines is 1. The molecule has 1 aliphatic heterocycles. The maximum atomic E-state index is 13.3. The number of nitrogens with zero attached hydrogens (tertiary/aromatic N) is 2. The Morgan fingerprint density at radius 3 is 2.47 bits per heavy atom. The van der Waals surface area contributed by atoms with Gasteiger partial charge in [-0.05, 0) is 47.9 Å². The van der Waals surface area contributed by atoms with Crippen LogP contribution in [-0.4, -0.2) is 53.9 Å². The van der Waals surface area contributed by atoms with Crippen molar-refractivity contribution in [1.29, 1.82) is 0 Å². The summed E-state index contributed by atoms with van der Waals surface area (Å²) in [5, 5.41) is 2.66. The average molecular weight is 502 g/mol. The Morgan fingerprint density at radius 1 is 1.08 bits per heavy atom. The lowest BCUT2D eigenvalue weighted by Crippen LogP contribution is -2.40. The monoisotopic (exact) mass is 501 g/mol. The van der Waals surface area contributed by atoms with E-state index in [0.29, 0.717) is 35.6 Å². The minimum absolute atomic E-state index is 0.257. The minimum Gasteiger partial charge on any atom is -0.494 e. The minimum atomic E-state index is -0.572. The Balaban J connectivity index is 1.41. The maximum absolute atomic E-state index is 13.3. The number of pyridine rings is 1. The van der Waals surface area contributed by atoms with E-state index in [1.807, 2.05) is 18.2 Å². The largest absolute Gasteiger partial charge is 0.494 e. The number of Topliss-reactive ketones (excluding diaryl/α,β-unsaturated/α-hetero) is 1. The second kappa shape index (κ2) is 9.99. The molecule has 1 saturated heterocycles. The topological polar surface area (TPSA) is 84.5 Å². The predicted molar refractivity (Wildman–Crippen MR) is 141 cm³/mol. The zero-order valence-electron chi connectivity index (χ0n) is 20.5. The number of amides is 1. The zero-order chi connectivity index (χ0) is 25.2. The van der Waals surface area contributed by atoms with Gasteiger partial charge in [0.05, 0.1) is 31.4 Å². The van der Waals surface area contributed by atoms with Crippen molar-refractivity contribution in [3.63, 3.8) is 0 Å². The number of aryl methyl sites for hydroxylation is 1. The third kappa shape index (κ3) is 4.28. The normalized spacial score (nSPS) is 13.6. The van der Waals surface area contributed by atoms with Gasteiger partial charge >= 0.3 is 0 Å². The molecule has 1 aromatic carbocycles. The fourth-order valence-electron chi connectivity index (χ4n) is 4.76. The van der Waals surface area contributed by atoms with Crippen LogP contribution in [0.3, 0.4) is 0 Å². The highest BCUT2D eigenvalue weighted by Gasteiger charge is 2.30. The van der Waals surface area contributed by atoms with Crippen molar-refractivity contribution in [2.24, 2.45) is 0 Å². The van der Waals surface area contributed by atoms with E-state index in [9.17, 15) is 9.59 Å². The first kappa shape index (κ1) is 23.8. The number of likely N-dealkylation sites (tertiary alicyclic amines) is 1. The van der Waals surface area contributed by atoms with Crippen LogP contribution in [0.25, 0.3) is 16.5 Å². The number of benzene rings is 1. The number of H-pyrrole nitrogens is 1. The van der Waals surface area contributed by atoms with E-state index >= 15 is 0 Å². The molecule has 0 spiro atoms. The van der Waals surface area contributed by atoms with Crippen LogP contribution in [0.15, 0.2) is 59.7 Å². The Hall–Kier alpha value is -3.91. The van der Waals surface area contributed by atoms with E-state index in [2.05, 4.69) is 40.5 Å². The number of nitrogens with one attached hydrogen (secondary N) is 1. The van der Waals surface area contributed by atoms with E-state index in [1.165, 1.54) is 53.8 Å². The Labute approximate surface area is 213 Å². The Bertz CT molecular complexity index is 1460. The van der Waals surface area contributed by atoms with Gasteiger partial charge in [-0.15, -0.1) is 11.3 Å². The van der Waals surface area contributed by atoms with Crippen molar-refractivity contribution in [3.8, 4) is 11.6 Å². The van der Waals surface area contributed by atoms with Crippen molar-refractivity contribution in [3.05, 3.63) is 81.3 Å². The molecular weight excluding hydrogens is 474 g/mol. The van der Waals surface area contributed by atoms with E-state index in [4.69, 9.17) is 9.47 Å². The molecule has 4 heterocycles. The van der Waals surface area contributed by atoms with Crippen molar-refractivity contribution >= 4 is 39.5 Å². The first-order valence-corrected chi connectivity index (χ1v) is 12.6. The molecule has 0 aliphatic carbocycles. The number of carbonyl (C=O) groups excluding carboxylic acids is 2. The fourth-order valence-corrected chi connectivity index (χ4v) is 5.77. The van der Waals surface area contributed by atoms with Crippen LogP contribution in [0.5, 0.6) is 11.6 Å². The number of hydrogen-bond donors (Lipinski definition) is 1. The smallest absolute Gasteiger partial charge is 0.295 e. The first-order valence-electron chi connectivity index (χ1n) is 11.8. The standard InChI is InChI=1S/C28H27N3O4S/c1-17-13-22(36-16-17)23(18-7-5-4-6-8-18)19-9-11-31(12-10-19)28(33)26(32)20-14-29-25-24(20)21(34-2)15-30-27(25)35-3/h4-8,13-16,29H,9-12H2,1-3H3. The molecule has 1 amide bonds. The van der Waals surface area contributed by atoms with Crippen LogP contribution in [0, 0.1) is 6.92 Å². The van der Waals surface area contributed by atoms with E-state index in [1.54, 1.807) is 16.2 Å². The summed E-state index contributed by atoms with van der Waals surface area (Å²) in [6, 6.07) is 12.6. The molecule has 36 heavy (non-hydrogen) atoms. The van der Waals surface area contributed by atoms with Gasteiger partial charge in [-0.1, -0.05) is 35.9 Å². The van der Waals surface area contributed by atoms with Gasteiger partial charge in [-0.25, -0.2) is 4.98 Å². The van der Waals surface area contributed by atoms with Gasteiger partial charge in [-0.3, -0.25) is 9.59 Å². The molecule has 5 rings (SSSR count). The van der Waals surface area contributed by atoms with Crippen molar-refractivity contribution in [1.82, 2.24) is 14.9 Å². The number of piperidine rings is 1. The zero-order valence-corrected chi connectivity index (χ0v) is 21.3. The Morgan fingerprint density at radius 2 is 1.83 bits per heavy atom. The lowest BCUT2D eigenvalue weighted by Gasteiger charge is -2.29. The molecule has 8 heteroatoms. The van der Waals surface area contributed by atoms with Gasteiger partial charge in [0, 0.05) is 24.2 Å². The summed E-state index contributed by atoms with van der Waals surface area (Å²) >= 11 is 1.74. The molecule has 0 radical (unpaired) electrons. The third-order valence-corrected chi connectivity index (χ3v) is 7.60. The highest BCUT2D eigenvalue weighted by molar-refractivity contribution is 7.11. The molecule has 0 bridgehead atoms. The summed E-state index contributed by atoms with van der Waals surface area (Å²) in [4.78, 5) is 36.7. The molecule has 0 atom stereocenters. The highest BCUT2D eigenvalue weighted by atomic mass is 32.1. The average Bonchev–Trinajstić information content (AvgIpc) is 3.55. The van der Waals surface area contributed by atoms with Gasteiger partial charge < -0.3 is 19.4 Å². The van der Waals surface area contributed by atoms with Gasteiger partial charge in [0.1, 0.15) is 11.3 Å². The van der Waals surface area contributed by atoms with Crippen LogP contribution >= 0.6 is 11.3 Å². The van der Waals surface area contributed by atoms with E-state index in [-0.39, 0.29) is 5.56 Å². The summed E-state index contributed by atoms with van der Waals surface area (Å²) < 4.78 is 10.7. The number of rotatable bonds is 6. The van der Waals surface area contributed by atoms with E-state index in [0.717, 1.165) is 12.8 Å². The number of aromatic nitrogens is 2. The summed E-state index contributed by atoms with van der Waals surface area (Å²) in [5.41, 5.74) is 5.75. The number of thiophene rings is 1. The molecule has 184 valence electrons. The van der Waals surface area contributed by atoms with Crippen LogP contribution in [0.2, 0.25) is 0 Å². The van der Waals surface area contributed by atoms with Crippen molar-refractivity contribution in [2.75, 3.05) is 27.3 Å². The number of ketones is 1. The number of hydrogen-bond acceptors (Lipinski definition) is 6. The number of carbonyl (C=O) groups is 2. The van der Waals surface area contributed by atoms with Crippen LogP contribution < -0.4 is 9.47 Å². The number of ether oxygens (including phenoxy) is 2. The molecule has 0 saturated carbocycles. The molecule has 1 aliphatic rings. The van der Waals surface area contributed by atoms with Gasteiger partial charge in [0.25, 0.3) is 11.7 Å². The molecule has 1 N–H and O–H groups in total. The second-order valence-corrected chi connectivity index (χ2v) is 9.65. The molecule has 0 unspecified atom stereocenters. The maximum Gasteiger partial charge on any atom is 0.295 e. The van der Waals surface area contributed by atoms with Crippen LogP contribution in [0.4, 0.5) is 0 Å². The second-order valence-electron chi connectivity index (χ2n) is 8.74. The molecule has 7 nitrogen and oxygen atoms in total. The molecular formula is C28H27N3O4S. The summed E-state index contributed by atoms with van der Waals surface area (Å²) in [6.07, 6.45) is 4.45. The van der Waals surface area contributed by atoms with Gasteiger partial charge in [-0.2, -0.15) is 0 Å². The summed E-state index contributed by atoms with van der Waals surface area (Å²) in [7, 11) is 3.01. The summed E-state index contributed by atoms with van der Waals surface area (Å²) in [5.74, 6) is -0.341. The van der Waals surface area contributed by atoms with Crippen molar-refractivity contribution in [2.45, 2.75) is 19.8 Å². The Kier molecular flexibility index (Phi) is 6.61. The number of fused-ring (bicyclic) bond motifs is 1. The van der Waals surface area contributed by atoms with E-state index < -0.39 is 11.7 Å². The van der Waals surface area contributed by atoms with Gasteiger partial charge in [0.15, 0.2) is 0 Å². The lowest BCUT2D eigenvalue weighted by molar-refractivity contribution is -0.126. The third-order valence-electron chi connectivity index (χ3n) is 6.54. The quantitative estimate of drug-likeness (QED) is 0.288. The van der Waals surface area contributed by atoms with Crippen molar-refractivity contribution < 1.29 is 19.1 Å². The van der Waals surface area contributed by atoms with Crippen LogP contribution in [-0.2, 0) is 4.79 Å². The van der Waals surface area contributed by atoms with Crippen LogP contribution in [0.1, 0.15) is 39.2 Å². The predicted octanol–water partition coefficient (Wildman–Crippen LogP) is 5.26. The number of methoxy groups -OCH3 is 2. The SMILES string of the molecule is COc1ncc(OC)c2c(C(=O)C(=O)N3CCC(=C(c4ccccc4)c4cc(C)cs4)CC3)c[nH]c12. The molecule has 3 aromatic heterocycles. The molecule has 1 fully saturated rings. The lowest BCUT2D eigenvalue weighted by atomic mass is 9.91. The fraction of sp³-hybridized carbons (Fsp3) is 0.250. The molecule has 4 aromatic rings. The van der Waals surface area contributed by atoms with Gasteiger partial charge in [0.2, 0.25) is 5.88 Å².